The van der Waals surface area contributed by atoms with Crippen molar-refractivity contribution in [2.24, 2.45) is 0 Å². The van der Waals surface area contributed by atoms with Crippen LogP contribution >= 0.6 is 0 Å². The van der Waals surface area contributed by atoms with Crippen LogP contribution in [0.1, 0.15) is 11.5 Å². The minimum atomic E-state index is 0.601. The molecule has 0 radical (unpaired) electrons. The van der Waals surface area contributed by atoms with Crippen LogP contribution in [0, 0.1) is 6.92 Å². The molecule has 1 rings (SSSR count). The molecule has 3 heteroatoms. The van der Waals surface area contributed by atoms with Crippen molar-refractivity contribution in [2.75, 3.05) is 0 Å². The number of carbonyl (C=O) groups excluding carboxylic acids is 1. The molecule has 0 aliphatic heterocycles. The molecule has 1 heterocycles. The van der Waals surface area contributed by atoms with Gasteiger partial charge in [0.15, 0.2) is 5.76 Å². The molecule has 52 valence electrons. The topological polar surface area (TPSA) is 43.1 Å². The molecule has 0 N–H and O–H groups in total. The van der Waals surface area contributed by atoms with Gasteiger partial charge in [-0.05, 0) is 19.1 Å². The van der Waals surface area contributed by atoms with Gasteiger partial charge in [-0.1, -0.05) is 5.16 Å². The highest BCUT2D eigenvalue weighted by Crippen LogP contribution is 2.02. The van der Waals surface area contributed by atoms with Crippen LogP contribution < -0.4 is 0 Å². The molecule has 0 saturated carbocycles. The van der Waals surface area contributed by atoms with Gasteiger partial charge < -0.3 is 4.52 Å². The first kappa shape index (κ1) is 6.74. The number of carbonyl (C=O) groups is 1. The molecule has 0 aromatic carbocycles. The van der Waals surface area contributed by atoms with Crippen molar-refractivity contribution in [3.05, 3.63) is 23.6 Å². The van der Waals surface area contributed by atoms with E-state index in [0.717, 1.165) is 5.69 Å². The van der Waals surface area contributed by atoms with Crippen LogP contribution in [-0.2, 0) is 4.79 Å². The SMILES string of the molecule is Cc1cc(/C=C/C=O)on1. The second-order valence-corrected chi connectivity index (χ2v) is 1.87. The van der Waals surface area contributed by atoms with Gasteiger partial charge in [0.25, 0.3) is 0 Å². The minimum Gasteiger partial charge on any atom is -0.357 e. The Morgan fingerprint density at radius 1 is 1.70 bits per heavy atom. The van der Waals surface area contributed by atoms with Gasteiger partial charge in [-0.3, -0.25) is 4.79 Å². The van der Waals surface area contributed by atoms with Crippen molar-refractivity contribution in [1.29, 1.82) is 0 Å². The molecule has 0 aliphatic rings. The predicted molar refractivity (Wildman–Crippen MR) is 36.3 cm³/mol. The van der Waals surface area contributed by atoms with Gasteiger partial charge in [0, 0.05) is 6.07 Å². The lowest BCUT2D eigenvalue weighted by Gasteiger charge is -1.73. The average Bonchev–Trinajstić information content (AvgIpc) is 2.31. The van der Waals surface area contributed by atoms with Gasteiger partial charge in [-0.15, -0.1) is 0 Å². The van der Waals surface area contributed by atoms with E-state index in [9.17, 15) is 4.79 Å². The van der Waals surface area contributed by atoms with Crippen molar-refractivity contribution < 1.29 is 9.32 Å². The number of aldehydes is 1. The second-order valence-electron chi connectivity index (χ2n) is 1.87. The maximum absolute atomic E-state index is 9.84. The van der Waals surface area contributed by atoms with E-state index < -0.39 is 0 Å². The van der Waals surface area contributed by atoms with Crippen LogP contribution in [-0.4, -0.2) is 11.4 Å². The van der Waals surface area contributed by atoms with E-state index in [0.29, 0.717) is 12.0 Å². The molecule has 10 heavy (non-hydrogen) atoms. The molecule has 0 saturated heterocycles. The summed E-state index contributed by atoms with van der Waals surface area (Å²) in [5.41, 5.74) is 0.811. The lowest BCUT2D eigenvalue weighted by molar-refractivity contribution is -0.104. The number of allylic oxidation sites excluding steroid dienone is 1. The summed E-state index contributed by atoms with van der Waals surface area (Å²) in [6.45, 7) is 1.82. The Morgan fingerprint density at radius 2 is 2.50 bits per heavy atom. The highest BCUT2D eigenvalue weighted by Gasteiger charge is 1.92. The second kappa shape index (κ2) is 2.96. The van der Waals surface area contributed by atoms with Gasteiger partial charge in [-0.25, -0.2) is 0 Å². The highest BCUT2D eigenvalue weighted by molar-refractivity contribution is 5.72. The molecule has 0 amide bonds. The first-order valence-corrected chi connectivity index (χ1v) is 2.88. The first-order valence-electron chi connectivity index (χ1n) is 2.88. The third kappa shape index (κ3) is 1.55. The summed E-state index contributed by atoms with van der Waals surface area (Å²) in [5, 5.41) is 3.63. The van der Waals surface area contributed by atoms with Crippen LogP contribution in [0.3, 0.4) is 0 Å². The van der Waals surface area contributed by atoms with Gasteiger partial charge in [-0.2, -0.15) is 0 Å². The molecule has 0 bridgehead atoms. The zero-order chi connectivity index (χ0) is 7.40. The molecule has 0 spiro atoms. The van der Waals surface area contributed by atoms with Crippen molar-refractivity contribution in [3.8, 4) is 0 Å². The highest BCUT2D eigenvalue weighted by atomic mass is 16.5. The number of aromatic nitrogens is 1. The molecule has 1 aromatic rings. The average molecular weight is 137 g/mol. The van der Waals surface area contributed by atoms with E-state index in [4.69, 9.17) is 4.52 Å². The maximum atomic E-state index is 9.84. The Kier molecular flexibility index (Phi) is 1.99. The van der Waals surface area contributed by atoms with Crippen LogP contribution in [0.5, 0.6) is 0 Å². The number of hydrogen-bond acceptors (Lipinski definition) is 3. The summed E-state index contributed by atoms with van der Waals surface area (Å²) in [7, 11) is 0. The number of nitrogens with zero attached hydrogens (tertiary/aromatic N) is 1. The van der Waals surface area contributed by atoms with E-state index in [1.165, 1.54) is 6.08 Å². The standard InChI is InChI=1S/C7H7NO2/c1-6-5-7(10-8-6)3-2-4-9/h2-5H,1H3/b3-2+. The molecular weight excluding hydrogens is 130 g/mol. The summed E-state index contributed by atoms with van der Waals surface area (Å²) >= 11 is 0. The molecular formula is C7H7NO2. The van der Waals surface area contributed by atoms with Crippen LogP contribution in [0.4, 0.5) is 0 Å². The molecule has 0 atom stereocenters. The summed E-state index contributed by atoms with van der Waals surface area (Å²) < 4.78 is 4.77. The first-order chi connectivity index (χ1) is 4.83. The Bertz CT molecular complexity index is 250. The number of hydrogen-bond donors (Lipinski definition) is 0. The lowest BCUT2D eigenvalue weighted by atomic mass is 10.3. The summed E-state index contributed by atoms with van der Waals surface area (Å²) in [5.74, 6) is 0.601. The minimum absolute atomic E-state index is 0.601. The zero-order valence-electron chi connectivity index (χ0n) is 5.57. The molecule has 1 aromatic heterocycles. The van der Waals surface area contributed by atoms with E-state index in [1.807, 2.05) is 6.92 Å². The van der Waals surface area contributed by atoms with Crippen molar-refractivity contribution in [3.63, 3.8) is 0 Å². The maximum Gasteiger partial charge on any atom is 0.160 e. The molecule has 0 aliphatic carbocycles. The molecule has 0 fully saturated rings. The largest absolute Gasteiger partial charge is 0.357 e. The summed E-state index contributed by atoms with van der Waals surface area (Å²) in [6, 6.07) is 1.75. The van der Waals surface area contributed by atoms with Gasteiger partial charge >= 0.3 is 0 Å². The van der Waals surface area contributed by atoms with Gasteiger partial charge in [0.1, 0.15) is 6.29 Å². The van der Waals surface area contributed by atoms with E-state index in [2.05, 4.69) is 5.16 Å². The Balaban J connectivity index is 2.75. The third-order valence-corrected chi connectivity index (χ3v) is 0.985. The predicted octanol–water partition coefficient (Wildman–Crippen LogP) is 1.20. The van der Waals surface area contributed by atoms with Crippen molar-refractivity contribution >= 4 is 12.4 Å². The number of rotatable bonds is 2. The van der Waals surface area contributed by atoms with E-state index >= 15 is 0 Å². The third-order valence-electron chi connectivity index (χ3n) is 0.985. The van der Waals surface area contributed by atoms with Crippen molar-refractivity contribution in [2.45, 2.75) is 6.92 Å². The Morgan fingerprint density at radius 3 is 3.00 bits per heavy atom. The van der Waals surface area contributed by atoms with Gasteiger partial charge in [0.05, 0.1) is 5.69 Å². The fraction of sp³-hybridized carbons (Fsp3) is 0.143. The smallest absolute Gasteiger partial charge is 0.160 e. The van der Waals surface area contributed by atoms with Crippen LogP contribution in [0.15, 0.2) is 16.7 Å². The lowest BCUT2D eigenvalue weighted by Crippen LogP contribution is -1.61. The quantitative estimate of drug-likeness (QED) is 0.454. The molecule has 0 unspecified atom stereocenters. The van der Waals surface area contributed by atoms with Gasteiger partial charge in [0.2, 0.25) is 0 Å². The normalized spacial score (nSPS) is 10.5. The number of aryl methyl sites for hydroxylation is 1. The zero-order valence-corrected chi connectivity index (χ0v) is 5.57. The summed E-state index contributed by atoms with van der Waals surface area (Å²) in [6.07, 6.45) is 3.62. The van der Waals surface area contributed by atoms with Crippen molar-refractivity contribution in [1.82, 2.24) is 5.16 Å². The van der Waals surface area contributed by atoms with Crippen LogP contribution in [0.2, 0.25) is 0 Å². The Hall–Kier alpha value is -1.38. The summed E-state index contributed by atoms with van der Waals surface area (Å²) in [4.78, 5) is 9.84. The fourth-order valence-electron chi connectivity index (χ4n) is 0.596. The van der Waals surface area contributed by atoms with E-state index in [1.54, 1.807) is 12.1 Å². The molecule has 3 nitrogen and oxygen atoms in total. The van der Waals surface area contributed by atoms with E-state index in [-0.39, 0.29) is 0 Å². The Labute approximate surface area is 58.3 Å². The fourth-order valence-corrected chi connectivity index (χ4v) is 0.596. The van der Waals surface area contributed by atoms with Crippen LogP contribution in [0.25, 0.3) is 6.08 Å². The monoisotopic (exact) mass is 137 g/mol.